The Kier molecular flexibility index (Phi) is 4.93. The van der Waals surface area contributed by atoms with Crippen LogP contribution in [-0.2, 0) is 23.1 Å². The maximum absolute atomic E-state index is 13.5. The molecule has 116 valence electrons. The Morgan fingerprint density at radius 3 is 2.59 bits per heavy atom. The van der Waals surface area contributed by atoms with E-state index in [0.29, 0.717) is 11.3 Å². The van der Waals surface area contributed by atoms with E-state index in [0.717, 1.165) is 0 Å². The van der Waals surface area contributed by atoms with Crippen LogP contribution in [0.3, 0.4) is 0 Å². The van der Waals surface area contributed by atoms with E-state index in [1.807, 2.05) is 0 Å². The van der Waals surface area contributed by atoms with Gasteiger partial charge in [0.1, 0.15) is 11.5 Å². The van der Waals surface area contributed by atoms with Crippen LogP contribution in [0, 0.1) is 5.82 Å². The lowest BCUT2D eigenvalue weighted by Gasteiger charge is -2.17. The molecule has 0 saturated carbocycles. The van der Waals surface area contributed by atoms with Gasteiger partial charge in [0.2, 0.25) is 0 Å². The fourth-order valence-electron chi connectivity index (χ4n) is 1.95. The zero-order valence-corrected chi connectivity index (χ0v) is 12.5. The first-order valence-corrected chi connectivity index (χ1v) is 6.75. The van der Waals surface area contributed by atoms with E-state index in [9.17, 15) is 14.0 Å². The van der Waals surface area contributed by atoms with E-state index in [1.54, 1.807) is 48.1 Å². The van der Waals surface area contributed by atoms with Crippen LogP contribution in [0.1, 0.15) is 16.1 Å². The summed E-state index contributed by atoms with van der Waals surface area (Å²) in [5.41, 5.74) is 0.775. The van der Waals surface area contributed by atoms with Crippen molar-refractivity contribution >= 4 is 11.9 Å². The molecule has 0 unspecified atom stereocenters. The van der Waals surface area contributed by atoms with Gasteiger partial charge in [-0.25, -0.2) is 9.18 Å². The molecule has 0 N–H and O–H groups in total. The van der Waals surface area contributed by atoms with Crippen molar-refractivity contribution in [1.29, 1.82) is 0 Å². The molecule has 0 radical (unpaired) electrons. The standard InChI is InChI=1S/C16H17FN2O3/c1-18-9-5-8-14(18)16(21)22-11-15(20)19(2)10-12-6-3-4-7-13(12)17/h3-9H,10-11H2,1-2H3. The molecule has 2 rings (SSSR count). The molecule has 0 aliphatic heterocycles. The number of esters is 1. The zero-order chi connectivity index (χ0) is 16.1. The number of benzene rings is 1. The molecule has 0 atom stereocenters. The first-order chi connectivity index (χ1) is 10.5. The number of aromatic nitrogens is 1. The summed E-state index contributed by atoms with van der Waals surface area (Å²) in [5, 5.41) is 0. The number of likely N-dealkylation sites (N-methyl/N-ethyl adjacent to an activating group) is 1. The van der Waals surface area contributed by atoms with Gasteiger partial charge in [-0.2, -0.15) is 0 Å². The molecule has 2 aromatic rings. The molecular weight excluding hydrogens is 287 g/mol. The monoisotopic (exact) mass is 304 g/mol. The van der Waals surface area contributed by atoms with Gasteiger partial charge in [0.25, 0.3) is 5.91 Å². The molecule has 0 aliphatic carbocycles. The minimum atomic E-state index is -0.569. The molecule has 22 heavy (non-hydrogen) atoms. The van der Waals surface area contributed by atoms with Crippen LogP contribution in [0.5, 0.6) is 0 Å². The van der Waals surface area contributed by atoms with Crippen LogP contribution >= 0.6 is 0 Å². The number of hydrogen-bond acceptors (Lipinski definition) is 3. The molecular formula is C16H17FN2O3. The van der Waals surface area contributed by atoms with Gasteiger partial charge in [0, 0.05) is 32.4 Å². The van der Waals surface area contributed by atoms with Crippen molar-refractivity contribution in [3.05, 3.63) is 59.7 Å². The second-order valence-corrected chi connectivity index (χ2v) is 4.92. The number of ether oxygens (including phenoxy) is 1. The Morgan fingerprint density at radius 1 is 1.23 bits per heavy atom. The predicted molar refractivity (Wildman–Crippen MR) is 78.6 cm³/mol. The Balaban J connectivity index is 1.88. The highest BCUT2D eigenvalue weighted by Crippen LogP contribution is 2.09. The number of carbonyl (C=O) groups excluding carboxylic acids is 2. The SMILES string of the molecule is CN(Cc1ccccc1F)C(=O)COC(=O)c1cccn1C. The molecule has 1 heterocycles. The lowest BCUT2D eigenvalue weighted by molar-refractivity contribution is -0.133. The van der Waals surface area contributed by atoms with Crippen molar-refractivity contribution in [3.8, 4) is 0 Å². The fourth-order valence-corrected chi connectivity index (χ4v) is 1.95. The van der Waals surface area contributed by atoms with E-state index < -0.39 is 11.9 Å². The number of amides is 1. The molecule has 1 aromatic heterocycles. The van der Waals surface area contributed by atoms with Gasteiger partial charge in [0.15, 0.2) is 6.61 Å². The number of carbonyl (C=O) groups is 2. The van der Waals surface area contributed by atoms with Crippen molar-refractivity contribution < 1.29 is 18.7 Å². The average Bonchev–Trinajstić information content (AvgIpc) is 2.93. The molecule has 1 amide bonds. The first-order valence-electron chi connectivity index (χ1n) is 6.75. The van der Waals surface area contributed by atoms with Crippen molar-refractivity contribution in [2.45, 2.75) is 6.54 Å². The molecule has 0 aliphatic rings. The summed E-state index contributed by atoms with van der Waals surface area (Å²) in [6, 6.07) is 9.55. The van der Waals surface area contributed by atoms with E-state index in [4.69, 9.17) is 4.74 Å². The third kappa shape index (κ3) is 3.72. The molecule has 0 spiro atoms. The molecule has 5 nitrogen and oxygen atoms in total. The van der Waals surface area contributed by atoms with Crippen LogP contribution in [0.25, 0.3) is 0 Å². The smallest absolute Gasteiger partial charge is 0.355 e. The zero-order valence-electron chi connectivity index (χ0n) is 12.5. The summed E-state index contributed by atoms with van der Waals surface area (Å²) in [6.07, 6.45) is 1.71. The van der Waals surface area contributed by atoms with Gasteiger partial charge < -0.3 is 14.2 Å². The minimum absolute atomic E-state index is 0.118. The first kappa shape index (κ1) is 15.8. The highest BCUT2D eigenvalue weighted by atomic mass is 19.1. The summed E-state index contributed by atoms with van der Waals surface area (Å²) in [4.78, 5) is 25.0. The number of hydrogen-bond donors (Lipinski definition) is 0. The highest BCUT2D eigenvalue weighted by molar-refractivity contribution is 5.89. The van der Waals surface area contributed by atoms with E-state index in [1.165, 1.54) is 18.0 Å². The predicted octanol–water partition coefficient (Wildman–Crippen LogP) is 1.98. The van der Waals surface area contributed by atoms with Gasteiger partial charge in [-0.3, -0.25) is 4.79 Å². The Labute approximate surface area is 127 Å². The van der Waals surface area contributed by atoms with E-state index in [2.05, 4.69) is 0 Å². The topological polar surface area (TPSA) is 51.5 Å². The maximum atomic E-state index is 13.5. The largest absolute Gasteiger partial charge is 0.451 e. The van der Waals surface area contributed by atoms with Crippen molar-refractivity contribution in [2.24, 2.45) is 7.05 Å². The lowest BCUT2D eigenvalue weighted by Crippen LogP contribution is -2.31. The number of rotatable bonds is 5. The van der Waals surface area contributed by atoms with Gasteiger partial charge >= 0.3 is 5.97 Å². The lowest BCUT2D eigenvalue weighted by atomic mass is 10.2. The summed E-state index contributed by atoms with van der Waals surface area (Å²) in [6.45, 7) is -0.262. The Bertz CT molecular complexity index is 682. The Hall–Kier alpha value is -2.63. The maximum Gasteiger partial charge on any atom is 0.355 e. The molecule has 0 fully saturated rings. The summed E-state index contributed by atoms with van der Waals surface area (Å²) >= 11 is 0. The van der Waals surface area contributed by atoms with E-state index in [-0.39, 0.29) is 19.0 Å². The number of halogens is 1. The third-order valence-electron chi connectivity index (χ3n) is 3.27. The second-order valence-electron chi connectivity index (χ2n) is 4.92. The highest BCUT2D eigenvalue weighted by Gasteiger charge is 2.16. The van der Waals surface area contributed by atoms with Crippen molar-refractivity contribution in [3.63, 3.8) is 0 Å². The van der Waals surface area contributed by atoms with Crippen LogP contribution in [-0.4, -0.2) is 35.0 Å². The number of aryl methyl sites for hydroxylation is 1. The minimum Gasteiger partial charge on any atom is -0.451 e. The van der Waals surface area contributed by atoms with E-state index >= 15 is 0 Å². The van der Waals surface area contributed by atoms with Crippen LogP contribution in [0.2, 0.25) is 0 Å². The summed E-state index contributed by atoms with van der Waals surface area (Å²) in [7, 11) is 3.24. The molecule has 1 aromatic carbocycles. The molecule has 6 heteroatoms. The van der Waals surface area contributed by atoms with Crippen molar-refractivity contribution in [2.75, 3.05) is 13.7 Å². The average molecular weight is 304 g/mol. The van der Waals surface area contributed by atoms with Crippen LogP contribution in [0.4, 0.5) is 4.39 Å². The summed E-state index contributed by atoms with van der Waals surface area (Å²) in [5.74, 6) is -1.34. The third-order valence-corrected chi connectivity index (χ3v) is 3.27. The van der Waals surface area contributed by atoms with Crippen molar-refractivity contribution in [1.82, 2.24) is 9.47 Å². The van der Waals surface area contributed by atoms with Crippen LogP contribution in [0.15, 0.2) is 42.6 Å². The fraction of sp³-hybridized carbons (Fsp3) is 0.250. The van der Waals surface area contributed by atoms with Gasteiger partial charge in [-0.15, -0.1) is 0 Å². The number of nitrogens with zero attached hydrogens (tertiary/aromatic N) is 2. The summed E-state index contributed by atoms with van der Waals surface area (Å²) < 4.78 is 20.1. The Morgan fingerprint density at radius 2 is 1.95 bits per heavy atom. The second kappa shape index (κ2) is 6.89. The molecule has 0 bridgehead atoms. The van der Waals surface area contributed by atoms with Gasteiger partial charge in [0.05, 0.1) is 0 Å². The normalized spacial score (nSPS) is 10.3. The van der Waals surface area contributed by atoms with Gasteiger partial charge in [-0.05, 0) is 18.2 Å². The van der Waals surface area contributed by atoms with Crippen LogP contribution < -0.4 is 0 Å². The van der Waals surface area contributed by atoms with Gasteiger partial charge in [-0.1, -0.05) is 18.2 Å². The molecule has 0 saturated heterocycles. The quantitative estimate of drug-likeness (QED) is 0.794.